The van der Waals surface area contributed by atoms with Crippen LogP contribution in [0.15, 0.2) is 36.4 Å². The molecule has 1 heterocycles. The summed E-state index contributed by atoms with van der Waals surface area (Å²) in [5.74, 6) is -1.03. The van der Waals surface area contributed by atoms with Crippen molar-refractivity contribution in [2.75, 3.05) is 18.7 Å². The Hall–Kier alpha value is -3.16. The zero-order valence-corrected chi connectivity index (χ0v) is 13.6. The van der Waals surface area contributed by atoms with E-state index in [1.807, 2.05) is 12.1 Å². The number of hydrogen-bond acceptors (Lipinski definition) is 5. The first kappa shape index (κ1) is 17.2. The second-order valence-corrected chi connectivity index (χ2v) is 5.17. The molecule has 0 fully saturated rings. The fourth-order valence-corrected chi connectivity index (χ4v) is 2.34. The summed E-state index contributed by atoms with van der Waals surface area (Å²) in [5.41, 5.74) is 1.66. The van der Waals surface area contributed by atoms with Gasteiger partial charge < -0.3 is 4.74 Å². The number of nitro groups is 1. The lowest BCUT2D eigenvalue weighted by atomic mass is 10.2. The number of carbonyl (C=O) groups excluding carboxylic acids is 2. The van der Waals surface area contributed by atoms with Gasteiger partial charge in [-0.25, -0.2) is 5.01 Å². The van der Waals surface area contributed by atoms with Gasteiger partial charge >= 0.3 is 5.97 Å². The minimum Gasteiger partial charge on any atom is -0.468 e. The number of hydrogen-bond donors (Lipinski definition) is 0. The smallest absolute Gasteiger partial charge is 0.327 e. The first-order chi connectivity index (χ1) is 11.3. The predicted octanol–water partition coefficient (Wildman–Crippen LogP) is 1.96. The lowest BCUT2D eigenvalue weighted by molar-refractivity contribution is -0.384. The van der Waals surface area contributed by atoms with Gasteiger partial charge in [0.1, 0.15) is 6.54 Å². The van der Waals surface area contributed by atoms with Crippen LogP contribution < -0.4 is 5.01 Å². The molecular formula is C16H17N3O5. The third-order valence-corrected chi connectivity index (χ3v) is 3.54. The van der Waals surface area contributed by atoms with E-state index in [0.717, 1.165) is 11.4 Å². The van der Waals surface area contributed by atoms with Crippen molar-refractivity contribution in [1.82, 2.24) is 4.68 Å². The van der Waals surface area contributed by atoms with Crippen molar-refractivity contribution in [3.63, 3.8) is 0 Å². The van der Waals surface area contributed by atoms with E-state index in [1.165, 1.54) is 36.4 Å². The van der Waals surface area contributed by atoms with Crippen molar-refractivity contribution in [3.8, 4) is 0 Å². The molecule has 2 aromatic rings. The largest absolute Gasteiger partial charge is 0.468 e. The molecule has 24 heavy (non-hydrogen) atoms. The molecule has 0 unspecified atom stereocenters. The number of rotatable bonds is 5. The van der Waals surface area contributed by atoms with Gasteiger partial charge in [-0.05, 0) is 38.1 Å². The molecule has 0 aliphatic heterocycles. The number of aromatic nitrogens is 1. The monoisotopic (exact) mass is 331 g/mol. The van der Waals surface area contributed by atoms with E-state index < -0.39 is 16.8 Å². The quantitative estimate of drug-likeness (QED) is 0.474. The first-order valence-electron chi connectivity index (χ1n) is 7.13. The number of non-ortho nitro benzene ring substituents is 1. The van der Waals surface area contributed by atoms with Crippen molar-refractivity contribution in [1.29, 1.82) is 0 Å². The highest BCUT2D eigenvalue weighted by Gasteiger charge is 2.23. The highest BCUT2D eigenvalue weighted by Crippen LogP contribution is 2.15. The maximum Gasteiger partial charge on any atom is 0.327 e. The van der Waals surface area contributed by atoms with Crippen LogP contribution in [-0.4, -0.2) is 35.1 Å². The van der Waals surface area contributed by atoms with Crippen molar-refractivity contribution >= 4 is 17.6 Å². The van der Waals surface area contributed by atoms with Gasteiger partial charge in [-0.1, -0.05) is 0 Å². The van der Waals surface area contributed by atoms with E-state index >= 15 is 0 Å². The number of benzene rings is 1. The number of esters is 1. The van der Waals surface area contributed by atoms with Crippen LogP contribution in [0.1, 0.15) is 21.7 Å². The molecule has 0 N–H and O–H groups in total. The standard InChI is InChI=1S/C16H17N3O5/c1-11-4-5-12(2)18(11)17(10-15(20)24-3)16(21)13-6-8-14(9-7-13)19(22)23/h4-9H,10H2,1-3H3. The molecule has 1 aromatic carbocycles. The average molecular weight is 331 g/mol. The molecule has 0 bridgehead atoms. The summed E-state index contributed by atoms with van der Waals surface area (Å²) in [6.07, 6.45) is 0. The van der Waals surface area contributed by atoms with Crippen molar-refractivity contribution in [2.24, 2.45) is 0 Å². The van der Waals surface area contributed by atoms with Gasteiger partial charge in [0.05, 0.1) is 12.0 Å². The van der Waals surface area contributed by atoms with Gasteiger partial charge in [0.2, 0.25) is 0 Å². The van der Waals surface area contributed by atoms with E-state index in [-0.39, 0.29) is 17.8 Å². The second-order valence-electron chi connectivity index (χ2n) is 5.17. The van der Waals surface area contributed by atoms with Gasteiger partial charge in [0, 0.05) is 29.1 Å². The molecule has 0 saturated heterocycles. The summed E-state index contributed by atoms with van der Waals surface area (Å²) in [5, 5.41) is 12.0. The summed E-state index contributed by atoms with van der Waals surface area (Å²) in [6.45, 7) is 3.34. The Morgan fingerprint density at radius 2 is 1.67 bits per heavy atom. The van der Waals surface area contributed by atoms with Gasteiger partial charge in [-0.2, -0.15) is 0 Å². The number of aryl methyl sites for hydroxylation is 2. The summed E-state index contributed by atoms with van der Waals surface area (Å²) < 4.78 is 6.27. The Morgan fingerprint density at radius 3 is 2.12 bits per heavy atom. The summed E-state index contributed by atoms with van der Waals surface area (Å²) >= 11 is 0. The summed E-state index contributed by atoms with van der Waals surface area (Å²) in [7, 11) is 1.24. The van der Waals surface area contributed by atoms with E-state index in [1.54, 1.807) is 18.5 Å². The highest BCUT2D eigenvalue weighted by molar-refractivity contribution is 6.03. The number of amides is 1. The third-order valence-electron chi connectivity index (χ3n) is 3.54. The molecule has 8 nitrogen and oxygen atoms in total. The zero-order chi connectivity index (χ0) is 17.9. The molecule has 2 rings (SSSR count). The summed E-state index contributed by atoms with van der Waals surface area (Å²) in [6, 6.07) is 8.86. The van der Waals surface area contributed by atoms with E-state index in [0.29, 0.717) is 0 Å². The topological polar surface area (TPSA) is 94.7 Å². The maximum atomic E-state index is 12.8. The van der Waals surface area contributed by atoms with Gasteiger partial charge in [0.15, 0.2) is 0 Å². The van der Waals surface area contributed by atoms with Crippen LogP contribution in [0.3, 0.4) is 0 Å². The van der Waals surface area contributed by atoms with Crippen LogP contribution in [0.5, 0.6) is 0 Å². The fourth-order valence-electron chi connectivity index (χ4n) is 2.34. The minimum absolute atomic E-state index is 0.112. The number of methoxy groups -OCH3 is 1. The van der Waals surface area contributed by atoms with E-state index in [9.17, 15) is 19.7 Å². The third kappa shape index (κ3) is 3.43. The number of nitrogens with zero attached hydrogens (tertiary/aromatic N) is 3. The van der Waals surface area contributed by atoms with Crippen LogP contribution in [0.25, 0.3) is 0 Å². The lowest BCUT2D eigenvalue weighted by Gasteiger charge is -2.26. The van der Waals surface area contributed by atoms with Crippen LogP contribution in [0.4, 0.5) is 5.69 Å². The lowest BCUT2D eigenvalue weighted by Crippen LogP contribution is -2.45. The molecule has 0 aliphatic carbocycles. The zero-order valence-electron chi connectivity index (χ0n) is 13.6. The summed E-state index contributed by atoms with van der Waals surface area (Å²) in [4.78, 5) is 34.7. The first-order valence-corrected chi connectivity index (χ1v) is 7.13. The van der Waals surface area contributed by atoms with Crippen molar-refractivity contribution in [2.45, 2.75) is 13.8 Å². The second kappa shape index (κ2) is 6.95. The molecule has 1 aromatic heterocycles. The molecule has 0 atom stereocenters. The number of ether oxygens (including phenoxy) is 1. The van der Waals surface area contributed by atoms with Crippen LogP contribution in [0.2, 0.25) is 0 Å². The van der Waals surface area contributed by atoms with Crippen molar-refractivity contribution < 1.29 is 19.2 Å². The van der Waals surface area contributed by atoms with Crippen LogP contribution in [0, 0.1) is 24.0 Å². The average Bonchev–Trinajstić information content (AvgIpc) is 2.90. The maximum absolute atomic E-state index is 12.8. The Labute approximate surface area is 138 Å². The van der Waals surface area contributed by atoms with E-state index in [4.69, 9.17) is 0 Å². The molecule has 8 heteroatoms. The molecule has 0 saturated carbocycles. The SMILES string of the molecule is COC(=O)CN(C(=O)c1ccc([N+](=O)[O-])cc1)n1c(C)ccc1C. The molecule has 0 aliphatic rings. The fraction of sp³-hybridized carbons (Fsp3) is 0.250. The van der Waals surface area contributed by atoms with Gasteiger partial charge in [0.25, 0.3) is 11.6 Å². The normalized spacial score (nSPS) is 10.3. The van der Waals surface area contributed by atoms with Crippen LogP contribution >= 0.6 is 0 Å². The Morgan fingerprint density at radius 1 is 1.12 bits per heavy atom. The molecule has 0 spiro atoms. The van der Waals surface area contributed by atoms with E-state index in [2.05, 4.69) is 4.74 Å². The Bertz CT molecular complexity index is 760. The number of nitro benzene ring substituents is 1. The molecular weight excluding hydrogens is 314 g/mol. The Balaban J connectivity index is 2.41. The van der Waals surface area contributed by atoms with Crippen LogP contribution in [-0.2, 0) is 9.53 Å². The predicted molar refractivity (Wildman–Crippen MR) is 86.4 cm³/mol. The molecule has 1 amide bonds. The molecule has 0 radical (unpaired) electrons. The Kier molecular flexibility index (Phi) is 4.98. The number of carbonyl (C=O) groups is 2. The van der Waals surface area contributed by atoms with Gasteiger partial charge in [-0.3, -0.25) is 24.4 Å². The minimum atomic E-state index is -0.572. The van der Waals surface area contributed by atoms with Crippen molar-refractivity contribution in [3.05, 3.63) is 63.5 Å². The van der Waals surface area contributed by atoms with Gasteiger partial charge in [-0.15, -0.1) is 0 Å². The highest BCUT2D eigenvalue weighted by atomic mass is 16.6. The molecule has 126 valence electrons.